The molecule has 3 aromatic carbocycles. The number of hydrogen-bond donors (Lipinski definition) is 6. The number of carbonyl (C=O) groups is 1. The summed E-state index contributed by atoms with van der Waals surface area (Å²) in [5.41, 5.74) is -7.17. The van der Waals surface area contributed by atoms with Crippen LogP contribution < -0.4 is 21.3 Å². The Morgan fingerprint density at radius 3 is 1.72 bits per heavy atom. The molecule has 3 aromatic rings. The van der Waals surface area contributed by atoms with Crippen molar-refractivity contribution in [2.45, 2.75) is 24.4 Å². The maximum absolute atomic E-state index is 15.1. The lowest BCUT2D eigenvalue weighted by Crippen LogP contribution is -2.33. The van der Waals surface area contributed by atoms with Crippen LogP contribution in [0.25, 0.3) is 5.83 Å². The average molecular weight is 748 g/mol. The maximum atomic E-state index is 15.1. The fourth-order valence-corrected chi connectivity index (χ4v) is 4.52. The number of benzene rings is 3. The minimum atomic E-state index is -5.46. The molecule has 1 amide bonds. The summed E-state index contributed by atoms with van der Waals surface area (Å²) < 4.78 is 138. The number of hydrogen-bond acceptors (Lipinski definition) is 8. The average Bonchev–Trinajstić information content (AvgIpc) is 2.94. The molecule has 0 fully saturated rings. The fraction of sp³-hybridized carbons (Fsp3) is 0.160. The Bertz CT molecular complexity index is 1650. The van der Waals surface area contributed by atoms with Crippen LogP contribution >= 0.6 is 34.8 Å². The minimum absolute atomic E-state index is 0.0165. The van der Waals surface area contributed by atoms with Crippen LogP contribution in [0.2, 0.25) is 15.1 Å². The smallest absolute Gasteiger partial charge is 0.294 e. The lowest BCUT2D eigenvalue weighted by Gasteiger charge is -2.23. The highest BCUT2D eigenvalue weighted by atomic mass is 35.5. The van der Waals surface area contributed by atoms with Gasteiger partial charge in [-0.05, 0) is 48.0 Å². The summed E-state index contributed by atoms with van der Waals surface area (Å²) in [6.45, 7) is 0. The lowest BCUT2D eigenvalue weighted by atomic mass is 9.95. The number of allylic oxidation sites excluding steroid dienone is 1. The van der Waals surface area contributed by atoms with Gasteiger partial charge in [0.1, 0.15) is 28.8 Å². The Kier molecular flexibility index (Phi) is 11.1. The molecule has 0 heterocycles. The summed E-state index contributed by atoms with van der Waals surface area (Å²) in [6.07, 6.45) is -16.0. The third-order valence-electron chi connectivity index (χ3n) is 6.03. The van der Waals surface area contributed by atoms with Gasteiger partial charge in [-0.25, -0.2) is 4.39 Å². The largest absolute Gasteiger partial charge is 0.417 e. The van der Waals surface area contributed by atoms with Gasteiger partial charge in [0.05, 0.1) is 31.8 Å². The van der Waals surface area contributed by atoms with E-state index in [9.17, 15) is 65.1 Å². The summed E-state index contributed by atoms with van der Waals surface area (Å²) in [5.74, 6) is -6.40. The van der Waals surface area contributed by atoms with E-state index in [0.717, 1.165) is 0 Å². The van der Waals surface area contributed by atoms with Crippen molar-refractivity contribution < 1.29 is 69.5 Å². The van der Waals surface area contributed by atoms with Gasteiger partial charge >= 0.3 is 18.5 Å². The van der Waals surface area contributed by atoms with Crippen molar-refractivity contribution in [2.75, 3.05) is 15.9 Å². The Hall–Kier alpha value is -3.72. The third kappa shape index (κ3) is 8.80. The lowest BCUT2D eigenvalue weighted by molar-refractivity contribution is -0.140. The molecule has 0 saturated carbocycles. The van der Waals surface area contributed by atoms with E-state index in [1.807, 2.05) is 0 Å². The molecule has 256 valence electrons. The van der Waals surface area contributed by atoms with Gasteiger partial charge in [0.25, 0.3) is 5.91 Å². The Balaban J connectivity index is 2.04. The second-order valence-electron chi connectivity index (χ2n) is 9.14. The highest BCUT2D eigenvalue weighted by molar-refractivity contribution is 6.48. The molecule has 22 heteroatoms. The zero-order chi connectivity index (χ0) is 35.8. The molecule has 0 saturated heterocycles. The first-order chi connectivity index (χ1) is 21.4. The van der Waals surface area contributed by atoms with Crippen molar-refractivity contribution in [3.63, 3.8) is 0 Å². The molecule has 6 N–H and O–H groups in total. The molecule has 1 atom stereocenters. The molecule has 3 rings (SSSR count). The van der Waals surface area contributed by atoms with Gasteiger partial charge in [0.15, 0.2) is 0 Å². The van der Waals surface area contributed by atoms with E-state index in [1.165, 1.54) is 0 Å². The minimum Gasteiger partial charge on any atom is -0.294 e. The number of rotatable bonds is 8. The standard InChI is InChI=1S/C25H15Cl3F10N4O5/c26-15-4-10(5-16(27)20(15)28)13(24(33,34)35)8-17(29)9-1-2-12(14(3-9)25(36,37)38)22(43)40-39-21-18(41(44)45)6-11(23(30,31)32)7-19(21)42(46)47/h1-8,13,39,44-47H,(H,40,43)/b17-8-. The number of amides is 1. The van der Waals surface area contributed by atoms with Crippen molar-refractivity contribution in [2.24, 2.45) is 0 Å². The molecular weight excluding hydrogens is 733 g/mol. The second kappa shape index (κ2) is 13.8. The molecule has 0 aliphatic heterocycles. The van der Waals surface area contributed by atoms with Crippen molar-refractivity contribution in [1.82, 2.24) is 5.43 Å². The SMILES string of the molecule is O=C(NNc1c(N(O)O)cc(C(F)(F)F)cc1N(O)O)c1ccc(/C(F)=C/C(c2cc(Cl)c(Cl)c(Cl)c2)C(F)(F)F)cc1C(F)(F)F. The van der Waals surface area contributed by atoms with Gasteiger partial charge in [0.2, 0.25) is 0 Å². The van der Waals surface area contributed by atoms with Crippen molar-refractivity contribution >= 4 is 63.6 Å². The Labute approximate surface area is 270 Å². The van der Waals surface area contributed by atoms with Gasteiger partial charge in [-0.1, -0.05) is 40.9 Å². The molecule has 0 aliphatic rings. The fourth-order valence-electron chi connectivity index (χ4n) is 3.91. The number of alkyl halides is 9. The first-order valence-corrected chi connectivity index (χ1v) is 13.0. The van der Waals surface area contributed by atoms with Crippen molar-refractivity contribution in [1.29, 1.82) is 0 Å². The van der Waals surface area contributed by atoms with Crippen LogP contribution in [0.1, 0.15) is 38.5 Å². The predicted molar refractivity (Wildman–Crippen MR) is 145 cm³/mol. The number of nitrogens with one attached hydrogen (secondary N) is 2. The second-order valence-corrected chi connectivity index (χ2v) is 10.3. The van der Waals surface area contributed by atoms with E-state index >= 15 is 4.39 Å². The van der Waals surface area contributed by atoms with Crippen LogP contribution in [0.4, 0.5) is 61.0 Å². The zero-order valence-corrected chi connectivity index (χ0v) is 24.5. The monoisotopic (exact) mass is 746 g/mol. The van der Waals surface area contributed by atoms with Gasteiger partial charge in [0, 0.05) is 5.56 Å². The van der Waals surface area contributed by atoms with E-state index in [-0.39, 0.29) is 29.3 Å². The van der Waals surface area contributed by atoms with Gasteiger partial charge < -0.3 is 0 Å². The van der Waals surface area contributed by atoms with Crippen molar-refractivity contribution in [3.8, 4) is 0 Å². The van der Waals surface area contributed by atoms with E-state index in [0.29, 0.717) is 24.3 Å². The van der Waals surface area contributed by atoms with E-state index in [1.54, 1.807) is 10.9 Å². The van der Waals surface area contributed by atoms with E-state index < -0.39 is 102 Å². The number of anilines is 3. The van der Waals surface area contributed by atoms with Gasteiger partial charge in [-0.3, -0.25) is 36.5 Å². The summed E-state index contributed by atoms with van der Waals surface area (Å²) in [7, 11) is 0. The molecular formula is C25H15Cl3F10N4O5. The number of halogens is 13. The first kappa shape index (κ1) is 37.7. The molecule has 0 radical (unpaired) electrons. The third-order valence-corrected chi connectivity index (χ3v) is 7.23. The molecule has 0 bridgehead atoms. The molecule has 0 spiro atoms. The summed E-state index contributed by atoms with van der Waals surface area (Å²) in [5, 5.41) is 34.3. The highest BCUT2D eigenvalue weighted by Gasteiger charge is 2.41. The van der Waals surface area contributed by atoms with E-state index in [2.05, 4.69) is 0 Å². The summed E-state index contributed by atoms with van der Waals surface area (Å²) in [4.78, 5) is 12.7. The van der Waals surface area contributed by atoms with Crippen LogP contribution in [0.5, 0.6) is 0 Å². The Morgan fingerprint density at radius 2 is 1.30 bits per heavy atom. The molecule has 47 heavy (non-hydrogen) atoms. The number of nitrogens with zero attached hydrogens (tertiary/aromatic N) is 2. The van der Waals surface area contributed by atoms with Crippen LogP contribution in [-0.4, -0.2) is 32.9 Å². The van der Waals surface area contributed by atoms with Crippen LogP contribution in [0, 0.1) is 0 Å². The highest BCUT2D eigenvalue weighted by Crippen LogP contribution is 2.44. The molecule has 0 aliphatic carbocycles. The molecule has 0 aromatic heterocycles. The van der Waals surface area contributed by atoms with Gasteiger partial charge in [-0.15, -0.1) is 10.5 Å². The number of carbonyl (C=O) groups excluding carboxylic acids is 1. The number of hydrazine groups is 1. The normalized spacial score (nSPS) is 13.3. The quantitative estimate of drug-likeness (QED) is 0.0765. The predicted octanol–water partition coefficient (Wildman–Crippen LogP) is 9.27. The molecule has 1 unspecified atom stereocenters. The molecule has 9 nitrogen and oxygen atoms in total. The topological polar surface area (TPSA) is 129 Å². The Morgan fingerprint density at radius 1 is 0.787 bits per heavy atom. The van der Waals surface area contributed by atoms with Crippen LogP contribution in [0.3, 0.4) is 0 Å². The zero-order valence-electron chi connectivity index (χ0n) is 22.2. The van der Waals surface area contributed by atoms with E-state index in [4.69, 9.17) is 34.8 Å². The maximum Gasteiger partial charge on any atom is 0.417 e. The summed E-state index contributed by atoms with van der Waals surface area (Å²) >= 11 is 17.2. The van der Waals surface area contributed by atoms with Crippen LogP contribution in [0.15, 0.2) is 48.5 Å². The van der Waals surface area contributed by atoms with Crippen molar-refractivity contribution in [3.05, 3.63) is 91.4 Å². The van der Waals surface area contributed by atoms with Gasteiger partial charge in [-0.2, -0.15) is 39.5 Å². The first-order valence-electron chi connectivity index (χ1n) is 11.9. The van der Waals surface area contributed by atoms with Crippen LogP contribution in [-0.2, 0) is 12.4 Å². The summed E-state index contributed by atoms with van der Waals surface area (Å²) in [6, 6.07) is 2.31.